The highest BCUT2D eigenvalue weighted by atomic mass is 15.2. The van der Waals surface area contributed by atoms with E-state index in [1.165, 1.54) is 58.0 Å². The fraction of sp³-hybridized carbons (Fsp3) is 1.00. The SMILES string of the molecule is CCC(CN)CN1CCC[C@H]2CCCC[C@H]21. The Bertz CT molecular complexity index is 199. The van der Waals surface area contributed by atoms with Crippen molar-refractivity contribution < 1.29 is 0 Å². The van der Waals surface area contributed by atoms with Gasteiger partial charge in [0.25, 0.3) is 0 Å². The summed E-state index contributed by atoms with van der Waals surface area (Å²) in [5, 5.41) is 0. The van der Waals surface area contributed by atoms with Gasteiger partial charge in [-0.05, 0) is 50.6 Å². The zero-order chi connectivity index (χ0) is 11.4. The van der Waals surface area contributed by atoms with Gasteiger partial charge in [-0.15, -0.1) is 0 Å². The molecule has 2 N–H and O–H groups in total. The first-order chi connectivity index (χ1) is 7.85. The standard InChI is InChI=1S/C14H28N2/c1-2-12(10-15)11-16-9-5-7-13-6-3-4-8-14(13)16/h12-14H,2-11,15H2,1H3/t12?,13-,14-/m1/s1. The van der Waals surface area contributed by atoms with Gasteiger partial charge in [-0.1, -0.05) is 26.2 Å². The average Bonchev–Trinajstić information content (AvgIpc) is 2.36. The van der Waals surface area contributed by atoms with Crippen molar-refractivity contribution in [2.45, 2.75) is 57.9 Å². The van der Waals surface area contributed by atoms with E-state index in [0.717, 1.165) is 24.4 Å². The van der Waals surface area contributed by atoms with Gasteiger partial charge in [0.15, 0.2) is 0 Å². The van der Waals surface area contributed by atoms with Crippen LogP contribution in [0.4, 0.5) is 0 Å². The van der Waals surface area contributed by atoms with Crippen LogP contribution >= 0.6 is 0 Å². The Balaban J connectivity index is 1.91. The molecule has 2 heteroatoms. The van der Waals surface area contributed by atoms with Crippen LogP contribution in [0.3, 0.4) is 0 Å². The molecule has 0 amide bonds. The summed E-state index contributed by atoms with van der Waals surface area (Å²) < 4.78 is 0. The van der Waals surface area contributed by atoms with Crippen molar-refractivity contribution in [1.29, 1.82) is 0 Å². The lowest BCUT2D eigenvalue weighted by atomic mass is 9.78. The van der Waals surface area contributed by atoms with E-state index in [1.807, 2.05) is 0 Å². The van der Waals surface area contributed by atoms with Crippen molar-refractivity contribution in [3.63, 3.8) is 0 Å². The first kappa shape index (κ1) is 12.4. The van der Waals surface area contributed by atoms with Crippen LogP contribution in [0.1, 0.15) is 51.9 Å². The smallest absolute Gasteiger partial charge is 0.0124 e. The van der Waals surface area contributed by atoms with Gasteiger partial charge in [-0.3, -0.25) is 4.90 Å². The highest BCUT2D eigenvalue weighted by Crippen LogP contribution is 2.35. The number of hydrogen-bond acceptors (Lipinski definition) is 2. The van der Waals surface area contributed by atoms with E-state index in [2.05, 4.69) is 11.8 Å². The fourth-order valence-corrected chi connectivity index (χ4v) is 3.66. The maximum absolute atomic E-state index is 5.84. The molecule has 1 saturated carbocycles. The van der Waals surface area contributed by atoms with Gasteiger partial charge < -0.3 is 5.73 Å². The molecule has 2 rings (SSSR count). The Morgan fingerprint density at radius 1 is 1.19 bits per heavy atom. The molecule has 0 aromatic heterocycles. The van der Waals surface area contributed by atoms with Crippen molar-refractivity contribution in [2.24, 2.45) is 17.6 Å². The van der Waals surface area contributed by atoms with Gasteiger partial charge in [-0.25, -0.2) is 0 Å². The molecular weight excluding hydrogens is 196 g/mol. The van der Waals surface area contributed by atoms with Gasteiger partial charge in [0, 0.05) is 12.6 Å². The summed E-state index contributed by atoms with van der Waals surface area (Å²) in [5.41, 5.74) is 5.84. The summed E-state index contributed by atoms with van der Waals surface area (Å²) >= 11 is 0. The van der Waals surface area contributed by atoms with Crippen LogP contribution in [0, 0.1) is 11.8 Å². The molecule has 1 aliphatic heterocycles. The Labute approximate surface area is 101 Å². The third kappa shape index (κ3) is 2.78. The molecule has 2 nitrogen and oxygen atoms in total. The fourth-order valence-electron chi connectivity index (χ4n) is 3.66. The molecule has 3 atom stereocenters. The number of fused-ring (bicyclic) bond motifs is 1. The molecule has 1 unspecified atom stereocenters. The molecule has 2 fully saturated rings. The van der Waals surface area contributed by atoms with E-state index in [1.54, 1.807) is 0 Å². The van der Waals surface area contributed by atoms with Crippen LogP contribution in [0.25, 0.3) is 0 Å². The van der Waals surface area contributed by atoms with Crippen molar-refractivity contribution in [3.05, 3.63) is 0 Å². The van der Waals surface area contributed by atoms with Gasteiger partial charge in [-0.2, -0.15) is 0 Å². The Hall–Kier alpha value is -0.0800. The maximum atomic E-state index is 5.84. The summed E-state index contributed by atoms with van der Waals surface area (Å²) in [7, 11) is 0. The van der Waals surface area contributed by atoms with Crippen LogP contribution in [0.15, 0.2) is 0 Å². The minimum Gasteiger partial charge on any atom is -0.330 e. The van der Waals surface area contributed by atoms with E-state index < -0.39 is 0 Å². The number of rotatable bonds is 4. The van der Waals surface area contributed by atoms with Crippen LogP contribution in [0.5, 0.6) is 0 Å². The highest BCUT2D eigenvalue weighted by Gasteiger charge is 2.33. The molecule has 0 spiro atoms. The zero-order valence-electron chi connectivity index (χ0n) is 10.8. The predicted octanol–water partition coefficient (Wildman–Crippen LogP) is 2.63. The van der Waals surface area contributed by atoms with Gasteiger partial charge in [0.1, 0.15) is 0 Å². The monoisotopic (exact) mass is 224 g/mol. The number of likely N-dealkylation sites (tertiary alicyclic amines) is 1. The lowest BCUT2D eigenvalue weighted by molar-refractivity contribution is 0.0484. The van der Waals surface area contributed by atoms with E-state index >= 15 is 0 Å². The minimum absolute atomic E-state index is 0.723. The lowest BCUT2D eigenvalue weighted by Gasteiger charge is -2.45. The molecule has 94 valence electrons. The topological polar surface area (TPSA) is 29.3 Å². The largest absolute Gasteiger partial charge is 0.330 e. The quantitative estimate of drug-likeness (QED) is 0.795. The Morgan fingerprint density at radius 2 is 1.94 bits per heavy atom. The van der Waals surface area contributed by atoms with Crippen molar-refractivity contribution in [1.82, 2.24) is 4.90 Å². The first-order valence-electron chi connectivity index (χ1n) is 7.29. The molecule has 1 heterocycles. The van der Waals surface area contributed by atoms with Crippen molar-refractivity contribution in [2.75, 3.05) is 19.6 Å². The third-order valence-corrected chi connectivity index (χ3v) is 4.76. The summed E-state index contributed by atoms with van der Waals surface area (Å²) in [4.78, 5) is 2.77. The van der Waals surface area contributed by atoms with Gasteiger partial charge in [0.2, 0.25) is 0 Å². The molecule has 0 aromatic carbocycles. The second kappa shape index (κ2) is 6.02. The Morgan fingerprint density at radius 3 is 2.69 bits per heavy atom. The molecule has 0 radical (unpaired) electrons. The first-order valence-corrected chi connectivity index (χ1v) is 7.29. The second-order valence-corrected chi connectivity index (χ2v) is 5.76. The van der Waals surface area contributed by atoms with E-state index in [9.17, 15) is 0 Å². The van der Waals surface area contributed by atoms with Crippen molar-refractivity contribution in [3.8, 4) is 0 Å². The van der Waals surface area contributed by atoms with E-state index in [4.69, 9.17) is 5.73 Å². The summed E-state index contributed by atoms with van der Waals surface area (Å²) in [6, 6.07) is 0.906. The number of nitrogens with two attached hydrogens (primary N) is 1. The predicted molar refractivity (Wildman–Crippen MR) is 69.4 cm³/mol. The lowest BCUT2D eigenvalue weighted by Crippen LogP contribution is -2.49. The van der Waals surface area contributed by atoms with Crippen LogP contribution in [-0.4, -0.2) is 30.6 Å². The molecular formula is C14H28N2. The molecule has 1 aliphatic carbocycles. The zero-order valence-corrected chi connectivity index (χ0v) is 10.8. The molecule has 1 saturated heterocycles. The molecule has 2 aliphatic rings. The van der Waals surface area contributed by atoms with Crippen LogP contribution < -0.4 is 5.73 Å². The number of hydrogen-bond donors (Lipinski definition) is 1. The van der Waals surface area contributed by atoms with E-state index in [-0.39, 0.29) is 0 Å². The van der Waals surface area contributed by atoms with Crippen molar-refractivity contribution >= 4 is 0 Å². The maximum Gasteiger partial charge on any atom is 0.0124 e. The number of nitrogens with zero attached hydrogens (tertiary/aromatic N) is 1. The highest BCUT2D eigenvalue weighted by molar-refractivity contribution is 4.88. The molecule has 0 aromatic rings. The number of piperidine rings is 1. The average molecular weight is 224 g/mol. The molecule has 0 bridgehead atoms. The minimum atomic E-state index is 0.723. The van der Waals surface area contributed by atoms with Crippen LogP contribution in [-0.2, 0) is 0 Å². The Kier molecular flexibility index (Phi) is 4.66. The summed E-state index contributed by atoms with van der Waals surface area (Å²) in [6.07, 6.45) is 10.0. The summed E-state index contributed by atoms with van der Waals surface area (Å²) in [5.74, 6) is 1.73. The second-order valence-electron chi connectivity index (χ2n) is 5.76. The van der Waals surface area contributed by atoms with Gasteiger partial charge >= 0.3 is 0 Å². The van der Waals surface area contributed by atoms with Crippen LogP contribution in [0.2, 0.25) is 0 Å². The summed E-state index contributed by atoms with van der Waals surface area (Å²) in [6.45, 7) is 5.73. The molecule has 16 heavy (non-hydrogen) atoms. The normalized spacial score (nSPS) is 33.4. The van der Waals surface area contributed by atoms with E-state index in [0.29, 0.717) is 0 Å². The van der Waals surface area contributed by atoms with Gasteiger partial charge in [0.05, 0.1) is 0 Å². The third-order valence-electron chi connectivity index (χ3n) is 4.76.